The number of anilines is 1. The van der Waals surface area contributed by atoms with Crippen molar-refractivity contribution in [1.82, 2.24) is 19.3 Å². The highest BCUT2D eigenvalue weighted by Gasteiger charge is 2.32. The molecule has 1 aromatic carbocycles. The van der Waals surface area contributed by atoms with E-state index in [0.29, 0.717) is 36.4 Å². The van der Waals surface area contributed by atoms with Gasteiger partial charge in [0.05, 0.1) is 10.5 Å². The van der Waals surface area contributed by atoms with Crippen LogP contribution >= 0.6 is 0 Å². The Kier molecular flexibility index (Phi) is 6.72. The number of primary amides is 1. The van der Waals surface area contributed by atoms with E-state index in [2.05, 4.69) is 20.3 Å². The Morgan fingerprint density at radius 2 is 1.63 bits per heavy atom. The number of amides is 1. The minimum atomic E-state index is -4.51. The SMILES string of the molecule is NC(=O)c1cc(-c2ccc(S(=O)(=O)N3CCC(Nc4ncc(C(F)(F)F)cn4)CC3)cc2)ccn1. The lowest BCUT2D eigenvalue weighted by Crippen LogP contribution is -2.42. The maximum absolute atomic E-state index is 13.1. The van der Waals surface area contributed by atoms with E-state index >= 15 is 0 Å². The van der Waals surface area contributed by atoms with Crippen LogP contribution in [0.2, 0.25) is 0 Å². The van der Waals surface area contributed by atoms with E-state index in [1.54, 1.807) is 18.2 Å². The zero-order valence-corrected chi connectivity index (χ0v) is 19.1. The van der Waals surface area contributed by atoms with Crippen LogP contribution in [0.25, 0.3) is 11.1 Å². The standard InChI is InChI=1S/C22H21F3N6O3S/c23-22(24,25)16-12-28-21(29-13-16)30-17-6-9-31(10-7-17)35(33,34)18-3-1-14(2-4-18)15-5-8-27-19(11-15)20(26)32/h1-5,8,11-13,17H,6-7,9-10H2,(H2,26,32)(H,28,29,30). The lowest BCUT2D eigenvalue weighted by molar-refractivity contribution is -0.138. The number of halogens is 3. The van der Waals surface area contributed by atoms with Crippen LogP contribution in [0.5, 0.6) is 0 Å². The molecule has 4 rings (SSSR count). The molecule has 1 fully saturated rings. The number of hydrogen-bond acceptors (Lipinski definition) is 7. The fourth-order valence-corrected chi connectivity index (χ4v) is 5.16. The first-order valence-electron chi connectivity index (χ1n) is 10.6. The summed E-state index contributed by atoms with van der Waals surface area (Å²) in [6, 6.07) is 9.32. The van der Waals surface area contributed by atoms with E-state index in [0.717, 1.165) is 0 Å². The number of nitrogens with zero attached hydrogens (tertiary/aromatic N) is 4. The van der Waals surface area contributed by atoms with E-state index in [1.807, 2.05) is 0 Å². The number of alkyl halides is 3. The summed E-state index contributed by atoms with van der Waals surface area (Å²) in [4.78, 5) is 22.8. The summed E-state index contributed by atoms with van der Waals surface area (Å²) in [6.07, 6.45) is -0.767. The number of carbonyl (C=O) groups is 1. The number of aromatic nitrogens is 3. The largest absolute Gasteiger partial charge is 0.419 e. The maximum atomic E-state index is 13.1. The van der Waals surface area contributed by atoms with Crippen molar-refractivity contribution in [2.75, 3.05) is 18.4 Å². The van der Waals surface area contributed by atoms with Crippen molar-refractivity contribution >= 4 is 21.9 Å². The molecule has 1 saturated heterocycles. The van der Waals surface area contributed by atoms with Crippen LogP contribution in [0.4, 0.5) is 19.1 Å². The van der Waals surface area contributed by atoms with E-state index in [-0.39, 0.29) is 35.7 Å². The number of rotatable bonds is 6. The Hall–Kier alpha value is -3.58. The topological polar surface area (TPSA) is 131 Å². The molecule has 0 unspecified atom stereocenters. The van der Waals surface area contributed by atoms with Gasteiger partial charge in [0.1, 0.15) is 5.69 Å². The monoisotopic (exact) mass is 506 g/mol. The number of hydrogen-bond donors (Lipinski definition) is 2. The van der Waals surface area contributed by atoms with E-state index in [4.69, 9.17) is 5.73 Å². The van der Waals surface area contributed by atoms with Gasteiger partial charge in [-0.1, -0.05) is 12.1 Å². The molecular formula is C22H21F3N6O3S. The normalized spacial score (nSPS) is 15.6. The maximum Gasteiger partial charge on any atom is 0.419 e. The smallest absolute Gasteiger partial charge is 0.364 e. The van der Waals surface area contributed by atoms with Crippen molar-refractivity contribution in [3.05, 3.63) is 66.2 Å². The van der Waals surface area contributed by atoms with Crippen molar-refractivity contribution in [2.24, 2.45) is 5.73 Å². The van der Waals surface area contributed by atoms with Crippen LogP contribution in [0.3, 0.4) is 0 Å². The molecule has 13 heteroatoms. The van der Waals surface area contributed by atoms with Gasteiger partial charge in [-0.2, -0.15) is 17.5 Å². The quantitative estimate of drug-likeness (QED) is 0.526. The van der Waals surface area contributed by atoms with Crippen LogP contribution in [0, 0.1) is 0 Å². The fourth-order valence-electron chi connectivity index (χ4n) is 3.69. The molecule has 0 saturated carbocycles. The third-order valence-corrected chi connectivity index (χ3v) is 7.52. The first-order chi connectivity index (χ1) is 16.5. The third-order valence-electron chi connectivity index (χ3n) is 5.60. The molecule has 0 radical (unpaired) electrons. The van der Waals surface area contributed by atoms with Crippen LogP contribution in [-0.2, 0) is 16.2 Å². The minimum absolute atomic E-state index is 0.0606. The minimum Gasteiger partial charge on any atom is -0.364 e. The van der Waals surface area contributed by atoms with Crippen LogP contribution in [0.1, 0.15) is 28.9 Å². The lowest BCUT2D eigenvalue weighted by atomic mass is 10.1. The van der Waals surface area contributed by atoms with Crippen LogP contribution in [-0.4, -0.2) is 52.7 Å². The zero-order chi connectivity index (χ0) is 25.2. The van der Waals surface area contributed by atoms with E-state index in [1.165, 1.54) is 28.7 Å². The summed E-state index contributed by atoms with van der Waals surface area (Å²) < 4.78 is 65.5. The van der Waals surface area contributed by atoms with Gasteiger partial charge in [0, 0.05) is 37.7 Å². The van der Waals surface area contributed by atoms with Crippen molar-refractivity contribution in [2.45, 2.75) is 30.0 Å². The van der Waals surface area contributed by atoms with Crippen LogP contribution < -0.4 is 11.1 Å². The lowest BCUT2D eigenvalue weighted by Gasteiger charge is -2.31. The van der Waals surface area contributed by atoms with Gasteiger partial charge in [0.15, 0.2) is 0 Å². The van der Waals surface area contributed by atoms with Gasteiger partial charge in [-0.3, -0.25) is 9.78 Å². The summed E-state index contributed by atoms with van der Waals surface area (Å²) >= 11 is 0. The van der Waals surface area contributed by atoms with Crippen molar-refractivity contribution in [3.63, 3.8) is 0 Å². The molecule has 3 heterocycles. The van der Waals surface area contributed by atoms with E-state index in [9.17, 15) is 26.4 Å². The van der Waals surface area contributed by atoms with Gasteiger partial charge in [0.2, 0.25) is 16.0 Å². The second-order valence-electron chi connectivity index (χ2n) is 7.93. The number of nitrogens with two attached hydrogens (primary N) is 1. The molecular weight excluding hydrogens is 485 g/mol. The van der Waals surface area contributed by atoms with Crippen LogP contribution in [0.15, 0.2) is 59.9 Å². The van der Waals surface area contributed by atoms with Crippen molar-refractivity contribution in [3.8, 4) is 11.1 Å². The van der Waals surface area contributed by atoms with E-state index < -0.39 is 27.7 Å². The number of piperidine rings is 1. The molecule has 0 spiro atoms. The molecule has 1 aliphatic rings. The van der Waals surface area contributed by atoms with Crippen molar-refractivity contribution in [1.29, 1.82) is 0 Å². The van der Waals surface area contributed by atoms with Gasteiger partial charge in [-0.05, 0) is 48.2 Å². The summed E-state index contributed by atoms with van der Waals surface area (Å²) in [5.41, 5.74) is 5.81. The first kappa shape index (κ1) is 24.5. The van der Waals surface area contributed by atoms with Gasteiger partial charge in [-0.15, -0.1) is 0 Å². The Balaban J connectivity index is 1.39. The molecule has 2 aromatic heterocycles. The predicted molar refractivity (Wildman–Crippen MR) is 121 cm³/mol. The van der Waals surface area contributed by atoms with Crippen molar-refractivity contribution < 1.29 is 26.4 Å². The third kappa shape index (κ3) is 5.57. The van der Waals surface area contributed by atoms with Gasteiger partial charge < -0.3 is 11.1 Å². The molecule has 9 nitrogen and oxygen atoms in total. The molecule has 3 aromatic rings. The van der Waals surface area contributed by atoms with Gasteiger partial charge in [-0.25, -0.2) is 18.4 Å². The zero-order valence-electron chi connectivity index (χ0n) is 18.2. The molecule has 0 bridgehead atoms. The Morgan fingerprint density at radius 3 is 2.20 bits per heavy atom. The highest BCUT2D eigenvalue weighted by molar-refractivity contribution is 7.89. The average molecular weight is 507 g/mol. The molecule has 0 aliphatic carbocycles. The number of carbonyl (C=O) groups excluding carboxylic acids is 1. The molecule has 3 N–H and O–H groups in total. The second kappa shape index (κ2) is 9.58. The fraction of sp³-hybridized carbons (Fsp3) is 0.273. The second-order valence-corrected chi connectivity index (χ2v) is 9.87. The molecule has 0 atom stereocenters. The summed E-state index contributed by atoms with van der Waals surface area (Å²) in [7, 11) is -3.74. The highest BCUT2D eigenvalue weighted by atomic mass is 32.2. The Bertz CT molecular complexity index is 1310. The molecule has 35 heavy (non-hydrogen) atoms. The number of sulfonamides is 1. The first-order valence-corrected chi connectivity index (χ1v) is 12.0. The number of nitrogens with one attached hydrogen (secondary N) is 1. The number of benzene rings is 1. The molecule has 184 valence electrons. The molecule has 1 amide bonds. The Labute approximate surface area is 199 Å². The predicted octanol–water partition coefficient (Wildman–Crippen LogP) is 2.92. The van der Waals surface area contributed by atoms with Gasteiger partial charge >= 0.3 is 6.18 Å². The summed E-state index contributed by atoms with van der Waals surface area (Å²) in [5.74, 6) is -0.598. The van der Waals surface area contributed by atoms with Gasteiger partial charge in [0.25, 0.3) is 5.91 Å². The number of pyridine rings is 1. The molecule has 1 aliphatic heterocycles. The average Bonchev–Trinajstić information content (AvgIpc) is 2.84. The highest BCUT2D eigenvalue weighted by Crippen LogP contribution is 2.29. The Morgan fingerprint density at radius 1 is 1.00 bits per heavy atom. The summed E-state index contributed by atoms with van der Waals surface area (Å²) in [6.45, 7) is 0.462. The summed E-state index contributed by atoms with van der Waals surface area (Å²) in [5, 5.41) is 2.96.